The van der Waals surface area contributed by atoms with Crippen LogP contribution < -0.4 is 5.32 Å². The number of hydrogen-bond acceptors (Lipinski definition) is 3. The maximum absolute atomic E-state index is 11.6. The fourth-order valence-corrected chi connectivity index (χ4v) is 1.35. The predicted molar refractivity (Wildman–Crippen MR) is 60.2 cm³/mol. The summed E-state index contributed by atoms with van der Waals surface area (Å²) in [6.07, 6.45) is 1.89. The lowest BCUT2D eigenvalue weighted by molar-refractivity contribution is -0.125. The minimum absolute atomic E-state index is 0.0144. The quantitative estimate of drug-likeness (QED) is 0.642. The SMILES string of the molecule is CCCNC(=O)C(C)N(CC#N)CCC. The Morgan fingerprint density at radius 1 is 1.47 bits per heavy atom. The van der Waals surface area contributed by atoms with Gasteiger partial charge in [0.05, 0.1) is 18.7 Å². The van der Waals surface area contributed by atoms with Crippen LogP contribution in [0.4, 0.5) is 0 Å². The molecule has 0 bridgehead atoms. The molecule has 0 aliphatic heterocycles. The number of rotatable bonds is 7. The molecule has 4 heteroatoms. The summed E-state index contributed by atoms with van der Waals surface area (Å²) in [5, 5.41) is 11.5. The second-order valence-corrected chi connectivity index (χ2v) is 3.60. The van der Waals surface area contributed by atoms with Gasteiger partial charge in [-0.05, 0) is 26.3 Å². The van der Waals surface area contributed by atoms with E-state index >= 15 is 0 Å². The van der Waals surface area contributed by atoms with Gasteiger partial charge in [0, 0.05) is 6.54 Å². The highest BCUT2D eigenvalue weighted by Crippen LogP contribution is 2.00. The monoisotopic (exact) mass is 211 g/mol. The molecule has 0 fully saturated rings. The van der Waals surface area contributed by atoms with E-state index in [1.807, 2.05) is 25.7 Å². The van der Waals surface area contributed by atoms with Gasteiger partial charge in [0.15, 0.2) is 0 Å². The standard InChI is InChI=1S/C11H21N3O/c1-4-7-13-11(15)10(3)14(8-5-2)9-6-12/h10H,4-5,7-9H2,1-3H3,(H,13,15). The lowest BCUT2D eigenvalue weighted by Gasteiger charge is -2.25. The molecule has 0 saturated heterocycles. The first-order chi connectivity index (χ1) is 7.17. The largest absolute Gasteiger partial charge is 0.355 e. The Morgan fingerprint density at radius 3 is 2.60 bits per heavy atom. The van der Waals surface area contributed by atoms with Crippen LogP contribution in [-0.4, -0.2) is 36.5 Å². The van der Waals surface area contributed by atoms with Crippen LogP contribution in [0.1, 0.15) is 33.6 Å². The van der Waals surface area contributed by atoms with Crippen molar-refractivity contribution in [3.8, 4) is 6.07 Å². The van der Waals surface area contributed by atoms with Gasteiger partial charge in [0.25, 0.3) is 0 Å². The van der Waals surface area contributed by atoms with Gasteiger partial charge in [-0.25, -0.2) is 0 Å². The van der Waals surface area contributed by atoms with Crippen molar-refractivity contribution in [3.05, 3.63) is 0 Å². The molecule has 15 heavy (non-hydrogen) atoms. The zero-order chi connectivity index (χ0) is 11.7. The van der Waals surface area contributed by atoms with E-state index < -0.39 is 0 Å². The molecule has 0 heterocycles. The number of hydrogen-bond donors (Lipinski definition) is 1. The third-order valence-electron chi connectivity index (χ3n) is 2.26. The minimum Gasteiger partial charge on any atom is -0.355 e. The zero-order valence-corrected chi connectivity index (χ0v) is 9.92. The Bertz CT molecular complexity index is 222. The molecule has 0 aromatic heterocycles. The fraction of sp³-hybridized carbons (Fsp3) is 0.818. The van der Waals surface area contributed by atoms with E-state index in [1.54, 1.807) is 0 Å². The smallest absolute Gasteiger partial charge is 0.237 e. The maximum Gasteiger partial charge on any atom is 0.237 e. The van der Waals surface area contributed by atoms with E-state index in [4.69, 9.17) is 5.26 Å². The van der Waals surface area contributed by atoms with Gasteiger partial charge in [-0.3, -0.25) is 9.69 Å². The summed E-state index contributed by atoms with van der Waals surface area (Å²) in [7, 11) is 0. The van der Waals surface area contributed by atoms with E-state index in [9.17, 15) is 4.79 Å². The fourth-order valence-electron chi connectivity index (χ4n) is 1.35. The summed E-state index contributed by atoms with van der Waals surface area (Å²) in [6, 6.07) is 1.88. The highest BCUT2D eigenvalue weighted by atomic mass is 16.2. The highest BCUT2D eigenvalue weighted by Gasteiger charge is 2.19. The first kappa shape index (κ1) is 13.9. The van der Waals surface area contributed by atoms with Gasteiger partial charge in [-0.2, -0.15) is 5.26 Å². The molecule has 1 atom stereocenters. The van der Waals surface area contributed by atoms with Crippen molar-refractivity contribution >= 4 is 5.91 Å². The topological polar surface area (TPSA) is 56.1 Å². The number of amides is 1. The van der Waals surface area contributed by atoms with Gasteiger partial charge in [0.2, 0.25) is 5.91 Å². The van der Waals surface area contributed by atoms with Crippen LogP contribution in [0, 0.1) is 11.3 Å². The van der Waals surface area contributed by atoms with E-state index in [-0.39, 0.29) is 11.9 Å². The molecular formula is C11H21N3O. The van der Waals surface area contributed by atoms with Crippen LogP contribution in [0.5, 0.6) is 0 Å². The van der Waals surface area contributed by atoms with Crippen LogP contribution in [0.15, 0.2) is 0 Å². The first-order valence-electron chi connectivity index (χ1n) is 5.56. The van der Waals surface area contributed by atoms with Crippen LogP contribution in [0.25, 0.3) is 0 Å². The summed E-state index contributed by atoms with van der Waals surface area (Å²) >= 11 is 0. The van der Waals surface area contributed by atoms with Crippen LogP contribution in [-0.2, 0) is 4.79 Å². The average Bonchev–Trinajstić information content (AvgIpc) is 2.24. The van der Waals surface area contributed by atoms with Gasteiger partial charge < -0.3 is 5.32 Å². The van der Waals surface area contributed by atoms with Gasteiger partial charge in [0.1, 0.15) is 0 Å². The first-order valence-corrected chi connectivity index (χ1v) is 5.56. The normalized spacial score (nSPS) is 12.2. The molecule has 1 amide bonds. The molecule has 0 saturated carbocycles. The van der Waals surface area contributed by atoms with E-state index in [2.05, 4.69) is 11.4 Å². The molecule has 1 N–H and O–H groups in total. The number of carbonyl (C=O) groups is 1. The van der Waals surface area contributed by atoms with Crippen molar-refractivity contribution in [2.45, 2.75) is 39.7 Å². The van der Waals surface area contributed by atoms with Crippen molar-refractivity contribution in [1.82, 2.24) is 10.2 Å². The number of nitrogens with one attached hydrogen (secondary N) is 1. The van der Waals surface area contributed by atoms with Crippen molar-refractivity contribution < 1.29 is 4.79 Å². The second kappa shape index (κ2) is 8.25. The molecule has 0 rings (SSSR count). The lowest BCUT2D eigenvalue weighted by atomic mass is 10.2. The van der Waals surface area contributed by atoms with Crippen molar-refractivity contribution in [1.29, 1.82) is 5.26 Å². The second-order valence-electron chi connectivity index (χ2n) is 3.60. The summed E-state index contributed by atoms with van der Waals surface area (Å²) < 4.78 is 0. The Balaban J connectivity index is 4.16. The van der Waals surface area contributed by atoms with Crippen LogP contribution in [0.2, 0.25) is 0 Å². The van der Waals surface area contributed by atoms with Crippen molar-refractivity contribution in [2.24, 2.45) is 0 Å². The Kier molecular flexibility index (Phi) is 7.65. The van der Waals surface area contributed by atoms with Gasteiger partial charge >= 0.3 is 0 Å². The summed E-state index contributed by atoms with van der Waals surface area (Å²) in [6.45, 7) is 7.71. The van der Waals surface area contributed by atoms with Crippen LogP contribution in [0.3, 0.4) is 0 Å². The number of carbonyl (C=O) groups excluding carboxylic acids is 1. The van der Waals surface area contributed by atoms with Crippen LogP contribution >= 0.6 is 0 Å². The predicted octanol–water partition coefficient (Wildman–Crippen LogP) is 1.14. The lowest BCUT2D eigenvalue weighted by Crippen LogP contribution is -2.45. The molecule has 0 spiro atoms. The molecule has 0 aromatic carbocycles. The number of nitriles is 1. The molecular weight excluding hydrogens is 190 g/mol. The molecule has 0 aliphatic carbocycles. The van der Waals surface area contributed by atoms with Gasteiger partial charge in [-0.15, -0.1) is 0 Å². The van der Waals surface area contributed by atoms with E-state index in [1.165, 1.54) is 0 Å². The third kappa shape index (κ3) is 5.38. The highest BCUT2D eigenvalue weighted by molar-refractivity contribution is 5.81. The Labute approximate surface area is 92.3 Å². The Morgan fingerprint density at radius 2 is 2.13 bits per heavy atom. The summed E-state index contributed by atoms with van der Waals surface area (Å²) in [4.78, 5) is 13.5. The van der Waals surface area contributed by atoms with Crippen molar-refractivity contribution in [2.75, 3.05) is 19.6 Å². The average molecular weight is 211 g/mol. The summed E-state index contributed by atoms with van der Waals surface area (Å²) in [5.74, 6) is 0.0144. The maximum atomic E-state index is 11.6. The van der Waals surface area contributed by atoms with Crippen molar-refractivity contribution in [3.63, 3.8) is 0 Å². The molecule has 0 radical (unpaired) electrons. The van der Waals surface area contributed by atoms with Gasteiger partial charge in [-0.1, -0.05) is 13.8 Å². The Hall–Kier alpha value is -1.08. The minimum atomic E-state index is -0.212. The zero-order valence-electron chi connectivity index (χ0n) is 9.92. The molecule has 0 aliphatic rings. The molecule has 0 aromatic rings. The van der Waals surface area contributed by atoms with E-state index in [0.29, 0.717) is 13.1 Å². The number of nitrogens with zero attached hydrogens (tertiary/aromatic N) is 2. The molecule has 4 nitrogen and oxygen atoms in total. The third-order valence-corrected chi connectivity index (χ3v) is 2.26. The molecule has 86 valence electrons. The summed E-state index contributed by atoms with van der Waals surface area (Å²) in [5.41, 5.74) is 0. The van der Waals surface area contributed by atoms with E-state index in [0.717, 1.165) is 19.4 Å². The molecule has 1 unspecified atom stereocenters.